The highest BCUT2D eigenvalue weighted by Gasteiger charge is 2.22. The normalized spacial score (nSPS) is 16.0. The maximum atomic E-state index is 13.4. The van der Waals surface area contributed by atoms with Crippen LogP contribution in [0.1, 0.15) is 24.2 Å². The van der Waals surface area contributed by atoms with Gasteiger partial charge < -0.3 is 9.30 Å². The van der Waals surface area contributed by atoms with Crippen molar-refractivity contribution in [3.63, 3.8) is 0 Å². The second-order valence-electron chi connectivity index (χ2n) is 7.80. The summed E-state index contributed by atoms with van der Waals surface area (Å²) in [5.74, 6) is 2.12. The van der Waals surface area contributed by atoms with Gasteiger partial charge in [0.25, 0.3) is 0 Å². The smallest absolute Gasteiger partial charge is 0.192 e. The summed E-state index contributed by atoms with van der Waals surface area (Å²) in [5, 5.41) is 9.71. The van der Waals surface area contributed by atoms with Crippen molar-refractivity contribution in [2.24, 2.45) is 0 Å². The molecule has 2 aromatic heterocycles. The number of aromatic nitrogens is 5. The van der Waals surface area contributed by atoms with E-state index in [4.69, 9.17) is 4.74 Å². The zero-order chi connectivity index (χ0) is 21.8. The Labute approximate surface area is 190 Å². The minimum absolute atomic E-state index is 0.143. The van der Waals surface area contributed by atoms with Crippen LogP contribution in [0.2, 0.25) is 0 Å². The first-order valence-electron chi connectivity index (χ1n) is 10.7. The second-order valence-corrected chi connectivity index (χ2v) is 8.75. The maximum absolute atomic E-state index is 13.4. The second kappa shape index (κ2) is 9.67. The minimum atomic E-state index is -0.265. The largest absolute Gasteiger partial charge is 0.376 e. The molecular formula is C24H24FN5OS. The molecule has 2 aromatic carbocycles. The molecule has 0 unspecified atom stereocenters. The van der Waals surface area contributed by atoms with E-state index in [0.29, 0.717) is 12.3 Å². The highest BCUT2D eigenvalue weighted by atomic mass is 32.2. The summed E-state index contributed by atoms with van der Waals surface area (Å²) in [7, 11) is 0. The average Bonchev–Trinajstić information content (AvgIpc) is 3.57. The van der Waals surface area contributed by atoms with Crippen molar-refractivity contribution in [1.29, 1.82) is 0 Å². The zero-order valence-corrected chi connectivity index (χ0v) is 18.4. The Morgan fingerprint density at radius 3 is 2.69 bits per heavy atom. The molecule has 5 rings (SSSR count). The Morgan fingerprint density at radius 1 is 1.06 bits per heavy atom. The Kier molecular flexibility index (Phi) is 6.31. The first-order chi connectivity index (χ1) is 15.8. The molecule has 0 spiro atoms. The van der Waals surface area contributed by atoms with Crippen molar-refractivity contribution in [3.8, 4) is 11.4 Å². The predicted octanol–water partition coefficient (Wildman–Crippen LogP) is 4.80. The summed E-state index contributed by atoms with van der Waals surface area (Å²) in [6.07, 6.45) is 6.07. The molecule has 0 amide bonds. The van der Waals surface area contributed by atoms with Gasteiger partial charge in [-0.05, 0) is 42.7 Å². The first kappa shape index (κ1) is 20.9. The van der Waals surface area contributed by atoms with Gasteiger partial charge in [0.2, 0.25) is 0 Å². The Bertz CT molecular complexity index is 1150. The van der Waals surface area contributed by atoms with Crippen molar-refractivity contribution >= 4 is 11.8 Å². The topological polar surface area (TPSA) is 57.8 Å². The lowest BCUT2D eigenvalue weighted by Crippen LogP contribution is -2.16. The van der Waals surface area contributed by atoms with Crippen LogP contribution in [-0.2, 0) is 23.6 Å². The van der Waals surface area contributed by atoms with Gasteiger partial charge in [-0.2, -0.15) is 0 Å². The highest BCUT2D eigenvalue weighted by molar-refractivity contribution is 7.98. The number of hydrogen-bond acceptors (Lipinski definition) is 5. The molecule has 1 atom stereocenters. The molecule has 0 N–H and O–H groups in total. The quantitative estimate of drug-likeness (QED) is 0.362. The van der Waals surface area contributed by atoms with E-state index in [1.165, 1.54) is 17.7 Å². The summed E-state index contributed by atoms with van der Waals surface area (Å²) < 4.78 is 23.5. The molecule has 0 bridgehead atoms. The lowest BCUT2D eigenvalue weighted by atomic mass is 10.2. The lowest BCUT2D eigenvalue weighted by molar-refractivity contribution is 0.0953. The SMILES string of the molecule is Fc1ccc(-c2nnc(SCc3nccn3Cc3ccccc3)n2C[C@@H]2CCCO2)cc1. The van der Waals surface area contributed by atoms with Crippen LogP contribution < -0.4 is 0 Å². The van der Waals surface area contributed by atoms with E-state index in [-0.39, 0.29) is 11.9 Å². The monoisotopic (exact) mass is 449 g/mol. The van der Waals surface area contributed by atoms with E-state index >= 15 is 0 Å². The van der Waals surface area contributed by atoms with E-state index in [1.807, 2.05) is 30.6 Å². The van der Waals surface area contributed by atoms with Crippen molar-refractivity contribution in [2.45, 2.75) is 42.9 Å². The van der Waals surface area contributed by atoms with Gasteiger partial charge in [-0.15, -0.1) is 10.2 Å². The van der Waals surface area contributed by atoms with Crippen molar-refractivity contribution in [2.75, 3.05) is 6.61 Å². The van der Waals surface area contributed by atoms with Gasteiger partial charge in [0, 0.05) is 31.1 Å². The van der Waals surface area contributed by atoms with E-state index in [1.54, 1.807) is 23.9 Å². The van der Waals surface area contributed by atoms with Crippen LogP contribution in [0, 0.1) is 5.82 Å². The number of imidazole rings is 1. The van der Waals surface area contributed by atoms with Crippen LogP contribution in [0.15, 0.2) is 72.1 Å². The third-order valence-corrected chi connectivity index (χ3v) is 6.52. The Hall–Kier alpha value is -2.97. The molecule has 3 heterocycles. The molecule has 32 heavy (non-hydrogen) atoms. The van der Waals surface area contributed by atoms with Gasteiger partial charge in [-0.3, -0.25) is 4.57 Å². The fourth-order valence-electron chi connectivity index (χ4n) is 3.90. The van der Waals surface area contributed by atoms with Crippen LogP contribution >= 0.6 is 11.8 Å². The van der Waals surface area contributed by atoms with E-state index < -0.39 is 0 Å². The molecule has 4 aromatic rings. The third-order valence-electron chi connectivity index (χ3n) is 5.56. The first-order valence-corrected chi connectivity index (χ1v) is 11.7. The summed E-state index contributed by atoms with van der Waals surface area (Å²) in [4.78, 5) is 4.55. The number of nitrogens with zero attached hydrogens (tertiary/aromatic N) is 5. The standard InChI is InChI=1S/C24H24FN5OS/c25-20-10-8-19(9-11-20)23-27-28-24(30(23)16-21-7-4-14-31-21)32-17-22-26-12-13-29(22)15-18-5-2-1-3-6-18/h1-3,5-6,8-13,21H,4,7,14-17H2/t21-/m0/s1. The van der Waals surface area contributed by atoms with Gasteiger partial charge in [0.05, 0.1) is 18.4 Å². The molecule has 1 fully saturated rings. The molecule has 6 nitrogen and oxygen atoms in total. The van der Waals surface area contributed by atoms with Gasteiger partial charge in [-0.1, -0.05) is 42.1 Å². The van der Waals surface area contributed by atoms with Crippen LogP contribution in [0.3, 0.4) is 0 Å². The molecule has 0 radical (unpaired) electrons. The summed E-state index contributed by atoms with van der Waals surface area (Å²) in [6, 6.07) is 16.7. The molecule has 0 aliphatic carbocycles. The van der Waals surface area contributed by atoms with Crippen molar-refractivity contribution in [3.05, 3.63) is 84.2 Å². The van der Waals surface area contributed by atoms with E-state index in [9.17, 15) is 4.39 Å². The number of thioether (sulfide) groups is 1. The van der Waals surface area contributed by atoms with Gasteiger partial charge in [0.15, 0.2) is 11.0 Å². The summed E-state index contributed by atoms with van der Waals surface area (Å²) in [5.41, 5.74) is 2.08. The fourth-order valence-corrected chi connectivity index (χ4v) is 4.81. The molecule has 8 heteroatoms. The van der Waals surface area contributed by atoms with Crippen molar-refractivity contribution in [1.82, 2.24) is 24.3 Å². The van der Waals surface area contributed by atoms with Gasteiger partial charge in [-0.25, -0.2) is 9.37 Å². The predicted molar refractivity (Wildman–Crippen MR) is 122 cm³/mol. The summed E-state index contributed by atoms with van der Waals surface area (Å²) >= 11 is 1.61. The fraction of sp³-hybridized carbons (Fsp3) is 0.292. The number of halogens is 1. The molecule has 1 saturated heterocycles. The van der Waals surface area contributed by atoms with E-state index in [0.717, 1.165) is 48.4 Å². The Balaban J connectivity index is 1.37. The Morgan fingerprint density at radius 2 is 1.91 bits per heavy atom. The molecular weight excluding hydrogens is 425 g/mol. The average molecular weight is 450 g/mol. The van der Waals surface area contributed by atoms with Gasteiger partial charge in [0.1, 0.15) is 11.6 Å². The lowest BCUT2D eigenvalue weighted by Gasteiger charge is -2.15. The van der Waals surface area contributed by atoms with E-state index in [2.05, 4.69) is 36.4 Å². The maximum Gasteiger partial charge on any atom is 0.192 e. The molecule has 1 aliphatic rings. The number of ether oxygens (including phenoxy) is 1. The highest BCUT2D eigenvalue weighted by Crippen LogP contribution is 2.28. The number of rotatable bonds is 8. The molecule has 0 saturated carbocycles. The van der Waals surface area contributed by atoms with Crippen LogP contribution in [0.5, 0.6) is 0 Å². The molecule has 164 valence electrons. The van der Waals surface area contributed by atoms with Crippen LogP contribution in [-0.4, -0.2) is 37.0 Å². The third kappa shape index (κ3) is 4.76. The van der Waals surface area contributed by atoms with Crippen LogP contribution in [0.4, 0.5) is 4.39 Å². The number of hydrogen-bond donors (Lipinski definition) is 0. The minimum Gasteiger partial charge on any atom is -0.376 e. The van der Waals surface area contributed by atoms with Crippen molar-refractivity contribution < 1.29 is 9.13 Å². The summed E-state index contributed by atoms with van der Waals surface area (Å²) in [6.45, 7) is 2.25. The van der Waals surface area contributed by atoms with Crippen LogP contribution in [0.25, 0.3) is 11.4 Å². The number of benzene rings is 2. The van der Waals surface area contributed by atoms with Gasteiger partial charge >= 0.3 is 0 Å². The molecule has 1 aliphatic heterocycles. The zero-order valence-electron chi connectivity index (χ0n) is 17.6.